The molecule has 0 atom stereocenters. The van der Waals surface area contributed by atoms with Crippen molar-refractivity contribution in [2.45, 2.75) is 6.54 Å². The summed E-state index contributed by atoms with van der Waals surface area (Å²) in [6.07, 6.45) is 1.63. The maximum absolute atomic E-state index is 9.81. The van der Waals surface area contributed by atoms with Gasteiger partial charge in [0, 0.05) is 18.3 Å². The predicted octanol–water partition coefficient (Wildman–Crippen LogP) is 3.82. The number of para-hydroxylation sites is 1. The zero-order chi connectivity index (χ0) is 12.3. The van der Waals surface area contributed by atoms with E-state index in [0.717, 1.165) is 11.3 Å². The molecule has 0 spiro atoms. The molecule has 2 aromatic rings. The van der Waals surface area contributed by atoms with Crippen LogP contribution in [0.4, 0.5) is 5.69 Å². The van der Waals surface area contributed by atoms with Crippen molar-refractivity contribution < 1.29 is 5.11 Å². The number of nitrogens with zero attached hydrogens (tertiary/aromatic N) is 1. The summed E-state index contributed by atoms with van der Waals surface area (Å²) < 4.78 is 0.675. The van der Waals surface area contributed by atoms with Crippen molar-refractivity contribution in [1.29, 1.82) is 0 Å². The number of nitrogens with one attached hydrogen (secondary N) is 1. The first-order valence-electron chi connectivity index (χ1n) is 4.99. The lowest BCUT2D eigenvalue weighted by Gasteiger charge is -2.09. The Bertz CT molecular complexity index is 534. The van der Waals surface area contributed by atoms with Crippen molar-refractivity contribution in [1.82, 2.24) is 4.98 Å². The molecule has 0 radical (unpaired) electrons. The van der Waals surface area contributed by atoms with Crippen molar-refractivity contribution >= 4 is 33.2 Å². The molecule has 1 aromatic heterocycles. The SMILES string of the molecule is Oc1c(Br)cccc1CNc1cccnc1Cl. The Balaban J connectivity index is 2.13. The monoisotopic (exact) mass is 312 g/mol. The maximum atomic E-state index is 9.81. The Labute approximate surface area is 113 Å². The van der Waals surface area contributed by atoms with Gasteiger partial charge in [0.1, 0.15) is 5.75 Å². The minimum absolute atomic E-state index is 0.236. The third-order valence-electron chi connectivity index (χ3n) is 2.30. The van der Waals surface area contributed by atoms with Gasteiger partial charge < -0.3 is 10.4 Å². The van der Waals surface area contributed by atoms with Gasteiger partial charge in [-0.05, 0) is 34.1 Å². The number of hydrogen-bond donors (Lipinski definition) is 2. The van der Waals surface area contributed by atoms with Crippen LogP contribution in [-0.2, 0) is 6.54 Å². The van der Waals surface area contributed by atoms with Gasteiger partial charge in [-0.25, -0.2) is 4.98 Å². The predicted molar refractivity (Wildman–Crippen MR) is 72.4 cm³/mol. The number of halogens is 2. The van der Waals surface area contributed by atoms with Gasteiger partial charge in [0.05, 0.1) is 10.2 Å². The van der Waals surface area contributed by atoms with Crippen LogP contribution in [-0.4, -0.2) is 10.1 Å². The minimum Gasteiger partial charge on any atom is -0.506 e. The average Bonchev–Trinajstić information content (AvgIpc) is 2.33. The minimum atomic E-state index is 0.236. The second-order valence-corrected chi connectivity index (χ2v) is 4.66. The van der Waals surface area contributed by atoms with Gasteiger partial charge in [-0.3, -0.25) is 0 Å². The molecule has 0 aliphatic rings. The van der Waals surface area contributed by atoms with E-state index in [4.69, 9.17) is 11.6 Å². The van der Waals surface area contributed by atoms with E-state index >= 15 is 0 Å². The zero-order valence-electron chi connectivity index (χ0n) is 8.82. The summed E-state index contributed by atoms with van der Waals surface area (Å²) in [5, 5.41) is 13.3. The zero-order valence-corrected chi connectivity index (χ0v) is 11.2. The Morgan fingerprint density at radius 3 is 2.88 bits per heavy atom. The number of aromatic nitrogens is 1. The van der Waals surface area contributed by atoms with E-state index in [1.165, 1.54) is 0 Å². The number of pyridine rings is 1. The van der Waals surface area contributed by atoms with Gasteiger partial charge in [0.15, 0.2) is 5.15 Å². The second-order valence-electron chi connectivity index (χ2n) is 3.44. The molecular formula is C12H10BrClN2O. The van der Waals surface area contributed by atoms with E-state index < -0.39 is 0 Å². The highest BCUT2D eigenvalue weighted by molar-refractivity contribution is 9.10. The molecular weight excluding hydrogens is 304 g/mol. The van der Waals surface area contributed by atoms with E-state index in [0.29, 0.717) is 16.2 Å². The lowest BCUT2D eigenvalue weighted by Crippen LogP contribution is -2.00. The van der Waals surface area contributed by atoms with Crippen molar-refractivity contribution in [2.75, 3.05) is 5.32 Å². The Kier molecular flexibility index (Phi) is 3.86. The quantitative estimate of drug-likeness (QED) is 0.847. The van der Waals surface area contributed by atoms with Crippen LogP contribution in [0.1, 0.15) is 5.56 Å². The molecule has 0 fully saturated rings. The van der Waals surface area contributed by atoms with Crippen LogP contribution in [0, 0.1) is 0 Å². The maximum Gasteiger partial charge on any atom is 0.152 e. The van der Waals surface area contributed by atoms with Crippen LogP contribution in [0.25, 0.3) is 0 Å². The van der Waals surface area contributed by atoms with Crippen molar-refractivity contribution in [3.8, 4) is 5.75 Å². The Morgan fingerprint density at radius 2 is 2.12 bits per heavy atom. The van der Waals surface area contributed by atoms with E-state index in [9.17, 15) is 5.11 Å². The molecule has 0 saturated heterocycles. The fourth-order valence-electron chi connectivity index (χ4n) is 1.41. The van der Waals surface area contributed by atoms with E-state index in [1.807, 2.05) is 18.2 Å². The highest BCUT2D eigenvalue weighted by Crippen LogP contribution is 2.28. The van der Waals surface area contributed by atoms with Crippen molar-refractivity contribution in [2.24, 2.45) is 0 Å². The van der Waals surface area contributed by atoms with E-state index in [2.05, 4.69) is 26.2 Å². The summed E-state index contributed by atoms with van der Waals surface area (Å²) in [5.41, 5.74) is 1.54. The first-order chi connectivity index (χ1) is 8.18. The fraction of sp³-hybridized carbons (Fsp3) is 0.0833. The molecule has 3 nitrogen and oxygen atoms in total. The highest BCUT2D eigenvalue weighted by Gasteiger charge is 2.05. The van der Waals surface area contributed by atoms with Gasteiger partial charge in [0.25, 0.3) is 0 Å². The standard InChI is InChI=1S/C12H10BrClN2O/c13-9-4-1-3-8(11(9)17)7-16-10-5-2-6-15-12(10)14/h1-6,16-17H,7H2. The summed E-state index contributed by atoms with van der Waals surface area (Å²) in [6.45, 7) is 0.483. The van der Waals surface area contributed by atoms with Crippen LogP contribution in [0.5, 0.6) is 5.75 Å². The van der Waals surface area contributed by atoms with Crippen LogP contribution < -0.4 is 5.32 Å². The molecule has 88 valence electrons. The molecule has 0 unspecified atom stereocenters. The third-order valence-corrected chi connectivity index (χ3v) is 3.24. The van der Waals surface area contributed by atoms with Crippen LogP contribution in [0.15, 0.2) is 41.0 Å². The largest absolute Gasteiger partial charge is 0.506 e. The van der Waals surface area contributed by atoms with Crippen LogP contribution >= 0.6 is 27.5 Å². The van der Waals surface area contributed by atoms with Gasteiger partial charge in [-0.15, -0.1) is 0 Å². The lowest BCUT2D eigenvalue weighted by molar-refractivity contribution is 0.465. The molecule has 0 aliphatic heterocycles. The summed E-state index contributed by atoms with van der Waals surface area (Å²) in [7, 11) is 0. The first kappa shape index (κ1) is 12.2. The van der Waals surface area contributed by atoms with Gasteiger partial charge in [0.2, 0.25) is 0 Å². The Morgan fingerprint density at radius 1 is 1.29 bits per heavy atom. The summed E-state index contributed by atoms with van der Waals surface area (Å²) in [4.78, 5) is 3.96. The molecule has 0 bridgehead atoms. The molecule has 17 heavy (non-hydrogen) atoms. The molecule has 1 heterocycles. The summed E-state index contributed by atoms with van der Waals surface area (Å²) in [5.74, 6) is 0.236. The second kappa shape index (κ2) is 5.38. The van der Waals surface area contributed by atoms with Gasteiger partial charge in [-0.1, -0.05) is 23.7 Å². The normalized spacial score (nSPS) is 10.2. The van der Waals surface area contributed by atoms with E-state index in [1.54, 1.807) is 18.3 Å². The number of anilines is 1. The number of phenols is 1. The number of aromatic hydroxyl groups is 1. The topological polar surface area (TPSA) is 45.1 Å². The summed E-state index contributed by atoms with van der Waals surface area (Å²) in [6, 6.07) is 9.14. The summed E-state index contributed by atoms with van der Waals surface area (Å²) >= 11 is 9.19. The molecule has 0 amide bonds. The third kappa shape index (κ3) is 2.90. The lowest BCUT2D eigenvalue weighted by atomic mass is 10.2. The van der Waals surface area contributed by atoms with Crippen molar-refractivity contribution in [3.05, 3.63) is 51.7 Å². The van der Waals surface area contributed by atoms with Crippen LogP contribution in [0.2, 0.25) is 5.15 Å². The average molecular weight is 314 g/mol. The molecule has 0 saturated carbocycles. The fourth-order valence-corrected chi connectivity index (χ4v) is 2.00. The highest BCUT2D eigenvalue weighted by atomic mass is 79.9. The number of hydrogen-bond acceptors (Lipinski definition) is 3. The number of rotatable bonds is 3. The number of benzene rings is 1. The molecule has 5 heteroatoms. The smallest absolute Gasteiger partial charge is 0.152 e. The molecule has 2 rings (SSSR count). The van der Waals surface area contributed by atoms with Gasteiger partial charge >= 0.3 is 0 Å². The molecule has 0 aliphatic carbocycles. The molecule has 1 aromatic carbocycles. The van der Waals surface area contributed by atoms with Crippen LogP contribution in [0.3, 0.4) is 0 Å². The first-order valence-corrected chi connectivity index (χ1v) is 6.16. The Hall–Kier alpha value is -1.26. The van der Waals surface area contributed by atoms with E-state index in [-0.39, 0.29) is 5.75 Å². The number of phenolic OH excluding ortho intramolecular Hbond substituents is 1. The molecule has 2 N–H and O–H groups in total. The van der Waals surface area contributed by atoms with Gasteiger partial charge in [-0.2, -0.15) is 0 Å². The van der Waals surface area contributed by atoms with Crippen molar-refractivity contribution in [3.63, 3.8) is 0 Å².